The van der Waals surface area contributed by atoms with E-state index in [4.69, 9.17) is 0 Å². The minimum atomic E-state index is -3.93. The quantitative estimate of drug-likeness (QED) is 0.499. The molecule has 0 aliphatic carbocycles. The number of hydrogen-bond donors (Lipinski definition) is 0. The monoisotopic (exact) mass is 397 g/mol. The molecule has 0 radical (unpaired) electrons. The number of sulfone groups is 1. The Bertz CT molecular complexity index is 1170. The Labute approximate surface area is 162 Å². The lowest BCUT2D eigenvalue weighted by Gasteiger charge is -2.30. The lowest BCUT2D eigenvalue weighted by Crippen LogP contribution is -2.31. The van der Waals surface area contributed by atoms with Gasteiger partial charge < -0.3 is 4.57 Å². The van der Waals surface area contributed by atoms with Crippen LogP contribution in [0.2, 0.25) is 0 Å². The molecule has 0 saturated heterocycles. The molecule has 144 valence electrons. The first-order chi connectivity index (χ1) is 13.3. The highest BCUT2D eigenvalue weighted by atomic mass is 32.2. The van der Waals surface area contributed by atoms with Gasteiger partial charge in [-0.1, -0.05) is 30.3 Å². The molecule has 2 atom stereocenters. The summed E-state index contributed by atoms with van der Waals surface area (Å²) in [6, 6.07) is 16.0. The number of nitro benzene ring substituents is 1. The third-order valence-corrected chi connectivity index (χ3v) is 7.27. The highest BCUT2D eigenvalue weighted by molar-refractivity contribution is 7.91. The highest BCUT2D eigenvalue weighted by Crippen LogP contribution is 2.48. The van der Waals surface area contributed by atoms with E-state index in [1.165, 1.54) is 12.1 Å². The maximum absolute atomic E-state index is 13.8. The molecule has 0 N–H and O–H groups in total. The van der Waals surface area contributed by atoms with Gasteiger partial charge in [0.05, 0.1) is 27.1 Å². The summed E-state index contributed by atoms with van der Waals surface area (Å²) in [5.74, 6) is 0. The van der Waals surface area contributed by atoms with Crippen molar-refractivity contribution >= 4 is 15.5 Å². The first kappa shape index (κ1) is 18.4. The van der Waals surface area contributed by atoms with E-state index in [1.807, 2.05) is 22.9 Å². The fraction of sp³-hybridized carbons (Fsp3) is 0.200. The zero-order valence-electron chi connectivity index (χ0n) is 15.4. The Balaban J connectivity index is 2.12. The van der Waals surface area contributed by atoms with Gasteiger partial charge >= 0.3 is 0 Å². The molecule has 28 heavy (non-hydrogen) atoms. The second-order valence-corrected chi connectivity index (χ2v) is 9.00. The smallest absolute Gasteiger partial charge is 0.273 e. The number of benzene rings is 2. The van der Waals surface area contributed by atoms with Crippen molar-refractivity contribution in [1.29, 1.82) is 0 Å². The van der Waals surface area contributed by atoms with Gasteiger partial charge in [0.15, 0.2) is 9.84 Å². The molecule has 8 heteroatoms. The lowest BCUT2D eigenvalue weighted by molar-refractivity contribution is -0.385. The lowest BCUT2D eigenvalue weighted by atomic mass is 10.00. The molecule has 2 heterocycles. The van der Waals surface area contributed by atoms with Crippen molar-refractivity contribution in [3.05, 3.63) is 88.2 Å². The van der Waals surface area contributed by atoms with Gasteiger partial charge in [-0.05, 0) is 38.4 Å². The number of aromatic nitrogens is 1. The van der Waals surface area contributed by atoms with Crippen LogP contribution < -0.4 is 0 Å². The number of nitrogens with zero attached hydrogens (tertiary/aromatic N) is 3. The predicted molar refractivity (Wildman–Crippen MR) is 105 cm³/mol. The number of likely N-dealkylation sites (N-methyl/N-ethyl adjacent to an activating group) is 1. The van der Waals surface area contributed by atoms with Gasteiger partial charge in [0.2, 0.25) is 0 Å². The van der Waals surface area contributed by atoms with E-state index in [1.54, 1.807) is 55.4 Å². The molecule has 0 saturated carbocycles. The minimum absolute atomic E-state index is 0.167. The fourth-order valence-electron chi connectivity index (χ4n) is 3.98. The van der Waals surface area contributed by atoms with Crippen LogP contribution in [0.15, 0.2) is 71.8 Å². The van der Waals surface area contributed by atoms with Gasteiger partial charge in [-0.15, -0.1) is 0 Å². The van der Waals surface area contributed by atoms with E-state index >= 15 is 0 Å². The molecule has 4 rings (SSSR count). The Morgan fingerprint density at radius 1 is 1.00 bits per heavy atom. The Hall–Kier alpha value is -2.97. The second-order valence-electron chi connectivity index (χ2n) is 6.96. The van der Waals surface area contributed by atoms with Crippen LogP contribution in [0.5, 0.6) is 0 Å². The van der Waals surface area contributed by atoms with Gasteiger partial charge in [-0.25, -0.2) is 8.42 Å². The summed E-state index contributed by atoms with van der Waals surface area (Å²) in [7, 11) is -0.353. The molecule has 2 unspecified atom stereocenters. The van der Waals surface area contributed by atoms with Gasteiger partial charge in [-0.2, -0.15) is 0 Å². The van der Waals surface area contributed by atoms with Crippen LogP contribution in [0.4, 0.5) is 5.69 Å². The van der Waals surface area contributed by atoms with Gasteiger partial charge in [-0.3, -0.25) is 15.0 Å². The number of rotatable bonds is 3. The maximum atomic E-state index is 13.8. The Morgan fingerprint density at radius 2 is 1.68 bits per heavy atom. The Morgan fingerprint density at radius 3 is 2.39 bits per heavy atom. The van der Waals surface area contributed by atoms with Crippen molar-refractivity contribution in [2.75, 3.05) is 14.1 Å². The van der Waals surface area contributed by atoms with Crippen LogP contribution in [-0.4, -0.2) is 36.9 Å². The largest absolute Gasteiger partial charge is 0.318 e. The van der Waals surface area contributed by atoms with E-state index in [2.05, 4.69) is 0 Å². The van der Waals surface area contributed by atoms with Crippen LogP contribution in [0.3, 0.4) is 0 Å². The van der Waals surface area contributed by atoms with Crippen LogP contribution in [0, 0.1) is 10.1 Å². The molecule has 0 fully saturated rings. The summed E-state index contributed by atoms with van der Waals surface area (Å²) >= 11 is 0. The summed E-state index contributed by atoms with van der Waals surface area (Å²) in [6.07, 6.45) is 1.82. The summed E-state index contributed by atoms with van der Waals surface area (Å²) in [6.45, 7) is 0. The van der Waals surface area contributed by atoms with E-state index in [-0.39, 0.29) is 16.1 Å². The number of hydrogen-bond acceptors (Lipinski definition) is 5. The summed E-state index contributed by atoms with van der Waals surface area (Å²) in [4.78, 5) is 13.1. The van der Waals surface area contributed by atoms with Crippen molar-refractivity contribution in [1.82, 2.24) is 9.47 Å². The van der Waals surface area contributed by atoms with Gasteiger partial charge in [0, 0.05) is 18.0 Å². The molecule has 1 aliphatic heterocycles. The van der Waals surface area contributed by atoms with E-state index in [9.17, 15) is 18.5 Å². The normalized spacial score (nSPS) is 20.2. The summed E-state index contributed by atoms with van der Waals surface area (Å²) < 4.78 is 29.5. The van der Waals surface area contributed by atoms with Crippen molar-refractivity contribution in [2.24, 2.45) is 0 Å². The zero-order chi connectivity index (χ0) is 20.1. The van der Waals surface area contributed by atoms with Crippen molar-refractivity contribution in [3.63, 3.8) is 0 Å². The van der Waals surface area contributed by atoms with E-state index in [0.717, 1.165) is 5.69 Å². The number of nitro groups is 1. The van der Waals surface area contributed by atoms with Crippen molar-refractivity contribution < 1.29 is 13.3 Å². The van der Waals surface area contributed by atoms with Gasteiger partial charge in [0.1, 0.15) is 5.25 Å². The zero-order valence-corrected chi connectivity index (χ0v) is 16.2. The van der Waals surface area contributed by atoms with Gasteiger partial charge in [0.25, 0.3) is 5.69 Å². The molecule has 1 aliphatic rings. The average Bonchev–Trinajstić information content (AvgIpc) is 3.11. The second kappa shape index (κ2) is 6.57. The molecule has 2 aromatic carbocycles. The summed E-state index contributed by atoms with van der Waals surface area (Å²) in [5.41, 5.74) is 1.31. The SMILES string of the molecule is CN(C)C1c2cccn2-c2ccccc2S(=O)(=O)C1c1ccccc1[N+](=O)[O-]. The fourth-order valence-corrected chi connectivity index (χ4v) is 6.24. The Kier molecular flexibility index (Phi) is 4.32. The number of para-hydroxylation sites is 2. The predicted octanol–water partition coefficient (Wildman–Crippen LogP) is 3.52. The topological polar surface area (TPSA) is 85.5 Å². The summed E-state index contributed by atoms with van der Waals surface area (Å²) in [5, 5.41) is 10.5. The minimum Gasteiger partial charge on any atom is -0.318 e. The molecule has 1 aromatic heterocycles. The van der Waals surface area contributed by atoms with Crippen molar-refractivity contribution in [3.8, 4) is 5.69 Å². The molecule has 0 spiro atoms. The van der Waals surface area contributed by atoms with E-state index < -0.39 is 26.1 Å². The van der Waals surface area contributed by atoms with E-state index in [0.29, 0.717) is 5.69 Å². The van der Waals surface area contributed by atoms with Crippen LogP contribution in [-0.2, 0) is 9.84 Å². The van der Waals surface area contributed by atoms with Crippen molar-refractivity contribution in [2.45, 2.75) is 16.2 Å². The molecular formula is C20H19N3O4S. The third kappa shape index (κ3) is 2.64. The van der Waals surface area contributed by atoms with Crippen LogP contribution in [0.25, 0.3) is 5.69 Å². The van der Waals surface area contributed by atoms with Crippen LogP contribution >= 0.6 is 0 Å². The first-order valence-electron chi connectivity index (χ1n) is 8.74. The third-order valence-electron chi connectivity index (χ3n) is 5.13. The van der Waals surface area contributed by atoms with Crippen LogP contribution in [0.1, 0.15) is 22.5 Å². The molecular weight excluding hydrogens is 378 g/mol. The average molecular weight is 397 g/mol. The molecule has 3 aromatic rings. The maximum Gasteiger partial charge on any atom is 0.273 e. The first-order valence-corrected chi connectivity index (χ1v) is 10.3. The number of fused-ring (bicyclic) bond motifs is 3. The molecule has 0 bridgehead atoms. The molecule has 7 nitrogen and oxygen atoms in total. The standard InChI is InChI=1S/C20H19N3O4S/c1-21(2)19-17-11-7-13-22(17)16-10-5-6-12-18(16)28(26,27)20(19)14-8-3-4-9-15(14)23(24)25/h3-13,19-20H,1-2H3. The molecule has 0 amide bonds. The highest BCUT2D eigenvalue weighted by Gasteiger charge is 2.45.